The van der Waals surface area contributed by atoms with E-state index in [0.29, 0.717) is 12.5 Å². The number of ether oxygens (including phenoxy) is 1. The number of carbonyl (C=O) groups excluding carboxylic acids is 1. The highest BCUT2D eigenvalue weighted by Crippen LogP contribution is 2.14. The molecule has 0 saturated carbocycles. The molecule has 1 unspecified atom stereocenters. The van der Waals surface area contributed by atoms with E-state index < -0.39 is 0 Å². The molecule has 1 aliphatic rings. The number of amides is 1. The van der Waals surface area contributed by atoms with Gasteiger partial charge in [-0.3, -0.25) is 9.69 Å². The van der Waals surface area contributed by atoms with E-state index in [2.05, 4.69) is 45.9 Å². The summed E-state index contributed by atoms with van der Waals surface area (Å²) in [4.78, 5) is 20.9. The number of nitrogens with zero attached hydrogens (tertiary/aromatic N) is 3. The van der Waals surface area contributed by atoms with E-state index in [1.807, 2.05) is 24.3 Å². The van der Waals surface area contributed by atoms with Crippen molar-refractivity contribution in [3.8, 4) is 5.75 Å². The largest absolute Gasteiger partial charge is 0.497 e. The van der Waals surface area contributed by atoms with Gasteiger partial charge in [-0.1, -0.05) is 42.5 Å². The molecule has 0 aromatic heterocycles. The summed E-state index contributed by atoms with van der Waals surface area (Å²) in [5.41, 5.74) is 2.41. The van der Waals surface area contributed by atoms with Gasteiger partial charge >= 0.3 is 0 Å². The van der Waals surface area contributed by atoms with Gasteiger partial charge in [-0.25, -0.2) is 4.99 Å². The molecule has 0 spiro atoms. The number of methoxy groups -OCH3 is 1. The van der Waals surface area contributed by atoms with Crippen LogP contribution in [0.15, 0.2) is 59.6 Å². The van der Waals surface area contributed by atoms with Crippen LogP contribution in [0, 0.1) is 0 Å². The average Bonchev–Trinajstić information content (AvgIpc) is 2.81. The van der Waals surface area contributed by atoms with Crippen LogP contribution in [0.3, 0.4) is 0 Å². The van der Waals surface area contributed by atoms with Gasteiger partial charge in [0.25, 0.3) is 0 Å². The number of guanidine groups is 1. The number of hydrogen-bond donors (Lipinski definition) is 2. The lowest BCUT2D eigenvalue weighted by molar-refractivity contribution is -0.127. The number of aliphatic imine (C=N–C) groups is 1. The summed E-state index contributed by atoms with van der Waals surface area (Å²) in [5.74, 6) is 1.51. The molecule has 1 aliphatic heterocycles. The molecule has 2 aromatic carbocycles. The molecule has 3 rings (SSSR count). The Bertz CT molecular complexity index is 874. The van der Waals surface area contributed by atoms with E-state index in [1.54, 1.807) is 26.1 Å². The van der Waals surface area contributed by atoms with Crippen LogP contribution in [0.1, 0.15) is 24.0 Å². The Morgan fingerprint density at radius 3 is 2.52 bits per heavy atom. The maximum Gasteiger partial charge on any atom is 0.241 e. The fourth-order valence-electron chi connectivity index (χ4n) is 3.72. The van der Waals surface area contributed by atoms with Crippen molar-refractivity contribution in [2.75, 3.05) is 40.8 Å². The quantitative estimate of drug-likeness (QED) is 0.293. The normalized spacial score (nSPS) is 16.5. The van der Waals surface area contributed by atoms with Crippen molar-refractivity contribution in [3.05, 3.63) is 65.7 Å². The lowest BCUT2D eigenvalue weighted by Crippen LogP contribution is -2.52. The van der Waals surface area contributed by atoms with Gasteiger partial charge in [-0.15, -0.1) is 24.0 Å². The van der Waals surface area contributed by atoms with Crippen molar-refractivity contribution in [2.24, 2.45) is 4.99 Å². The minimum absolute atomic E-state index is 0. The number of likely N-dealkylation sites (tertiary alicyclic amines) is 1. The minimum atomic E-state index is 0. The first-order valence-corrected chi connectivity index (χ1v) is 11.2. The molecule has 1 fully saturated rings. The smallest absolute Gasteiger partial charge is 0.241 e. The second-order valence-electron chi connectivity index (χ2n) is 8.36. The zero-order valence-electron chi connectivity index (χ0n) is 19.8. The summed E-state index contributed by atoms with van der Waals surface area (Å²) in [5, 5.41) is 6.77. The number of halogens is 1. The van der Waals surface area contributed by atoms with Gasteiger partial charge in [0.1, 0.15) is 5.75 Å². The van der Waals surface area contributed by atoms with Crippen molar-refractivity contribution >= 4 is 35.8 Å². The Kier molecular flexibility index (Phi) is 11.5. The van der Waals surface area contributed by atoms with Crippen molar-refractivity contribution in [1.29, 1.82) is 0 Å². The fourth-order valence-corrected chi connectivity index (χ4v) is 3.72. The summed E-state index contributed by atoms with van der Waals surface area (Å²) < 4.78 is 5.23. The number of rotatable bonds is 8. The first-order valence-electron chi connectivity index (χ1n) is 11.2. The monoisotopic (exact) mass is 565 g/mol. The molecule has 180 valence electrons. The van der Waals surface area contributed by atoms with E-state index in [-0.39, 0.29) is 42.5 Å². The molecule has 2 N–H and O–H groups in total. The van der Waals surface area contributed by atoms with Crippen molar-refractivity contribution < 1.29 is 9.53 Å². The Morgan fingerprint density at radius 2 is 1.85 bits per heavy atom. The van der Waals surface area contributed by atoms with Gasteiger partial charge in [0.2, 0.25) is 5.91 Å². The highest BCUT2D eigenvalue weighted by Gasteiger charge is 2.21. The third-order valence-corrected chi connectivity index (χ3v) is 5.58. The van der Waals surface area contributed by atoms with Crippen molar-refractivity contribution in [3.63, 3.8) is 0 Å². The highest BCUT2D eigenvalue weighted by atomic mass is 127. The molecule has 8 heteroatoms. The zero-order chi connectivity index (χ0) is 22.8. The highest BCUT2D eigenvalue weighted by molar-refractivity contribution is 14.0. The molecule has 7 nitrogen and oxygen atoms in total. The predicted octanol–water partition coefficient (Wildman–Crippen LogP) is 3.10. The molecule has 1 heterocycles. The number of nitrogens with one attached hydrogen (secondary N) is 2. The third-order valence-electron chi connectivity index (χ3n) is 5.58. The molecular weight excluding hydrogens is 529 g/mol. The maximum absolute atomic E-state index is 12.1. The molecule has 0 bridgehead atoms. The fraction of sp³-hybridized carbons (Fsp3) is 0.440. The molecule has 0 radical (unpaired) electrons. The van der Waals surface area contributed by atoms with E-state index in [9.17, 15) is 4.79 Å². The van der Waals surface area contributed by atoms with Crippen LogP contribution in [-0.2, 0) is 17.9 Å². The summed E-state index contributed by atoms with van der Waals surface area (Å²) in [6.07, 6.45) is 2.21. The van der Waals surface area contributed by atoms with Crippen LogP contribution in [0.2, 0.25) is 0 Å². The molecule has 1 saturated heterocycles. The number of piperidine rings is 1. The van der Waals surface area contributed by atoms with Gasteiger partial charge in [0.15, 0.2) is 5.96 Å². The average molecular weight is 566 g/mol. The summed E-state index contributed by atoms with van der Waals surface area (Å²) >= 11 is 0. The van der Waals surface area contributed by atoms with Crippen molar-refractivity contribution in [1.82, 2.24) is 20.4 Å². The van der Waals surface area contributed by atoms with Crippen LogP contribution < -0.4 is 15.4 Å². The lowest BCUT2D eigenvalue weighted by atomic mass is 10.0. The van der Waals surface area contributed by atoms with E-state index in [4.69, 9.17) is 9.73 Å². The maximum atomic E-state index is 12.1. The Hall–Kier alpha value is -2.33. The van der Waals surface area contributed by atoms with Gasteiger partial charge in [0, 0.05) is 33.2 Å². The topological polar surface area (TPSA) is 69.2 Å². The molecular formula is C25H36IN5O2. The molecule has 33 heavy (non-hydrogen) atoms. The van der Waals surface area contributed by atoms with Crippen LogP contribution in [0.25, 0.3) is 0 Å². The summed E-state index contributed by atoms with van der Waals surface area (Å²) in [7, 11) is 5.18. The Labute approximate surface area is 214 Å². The molecule has 1 atom stereocenters. The van der Waals surface area contributed by atoms with E-state index >= 15 is 0 Å². The first-order chi connectivity index (χ1) is 15.5. The van der Waals surface area contributed by atoms with Crippen LogP contribution in [0.4, 0.5) is 0 Å². The SMILES string of the molecule is COc1ccc(CN=C(NCC(=O)N(C)C)NC2CCCN(Cc3ccccc3)C2)cc1.I. The Morgan fingerprint density at radius 1 is 1.12 bits per heavy atom. The van der Waals surface area contributed by atoms with Crippen LogP contribution >= 0.6 is 24.0 Å². The number of benzene rings is 2. The minimum Gasteiger partial charge on any atom is -0.497 e. The van der Waals surface area contributed by atoms with Crippen LogP contribution in [0.5, 0.6) is 5.75 Å². The summed E-state index contributed by atoms with van der Waals surface area (Å²) in [6.45, 7) is 3.72. The standard InChI is InChI=1S/C25H35N5O2.HI/c1-29(2)24(31)17-27-25(26-16-20-11-13-23(32-3)14-12-20)28-22-10-7-15-30(19-22)18-21-8-5-4-6-9-21;/h4-6,8-9,11-14,22H,7,10,15-19H2,1-3H3,(H2,26,27,28);1H. The second-order valence-corrected chi connectivity index (χ2v) is 8.36. The molecule has 0 aliphatic carbocycles. The number of carbonyl (C=O) groups is 1. The van der Waals surface area contributed by atoms with Gasteiger partial charge in [-0.05, 0) is 42.6 Å². The van der Waals surface area contributed by atoms with Gasteiger partial charge in [-0.2, -0.15) is 0 Å². The number of likely N-dealkylation sites (N-methyl/N-ethyl adjacent to an activating group) is 1. The van der Waals surface area contributed by atoms with Gasteiger partial charge < -0.3 is 20.3 Å². The van der Waals surface area contributed by atoms with Crippen LogP contribution in [-0.4, -0.2) is 68.5 Å². The van der Waals surface area contributed by atoms with E-state index in [0.717, 1.165) is 43.8 Å². The second kappa shape index (κ2) is 14.0. The van der Waals surface area contributed by atoms with Crippen molar-refractivity contribution in [2.45, 2.75) is 32.0 Å². The summed E-state index contributed by atoms with van der Waals surface area (Å²) in [6, 6.07) is 18.7. The van der Waals surface area contributed by atoms with Gasteiger partial charge in [0.05, 0.1) is 20.2 Å². The zero-order valence-corrected chi connectivity index (χ0v) is 22.1. The predicted molar refractivity (Wildman–Crippen MR) is 144 cm³/mol. The molecule has 1 amide bonds. The van der Waals surface area contributed by atoms with E-state index in [1.165, 1.54) is 5.56 Å². The lowest BCUT2D eigenvalue weighted by Gasteiger charge is -2.34. The Balaban J connectivity index is 0.00000385. The molecule has 2 aromatic rings. The number of hydrogen-bond acceptors (Lipinski definition) is 4. The third kappa shape index (κ3) is 9.21. The first kappa shape index (κ1) is 26.9.